The Morgan fingerprint density at radius 2 is 1.95 bits per heavy atom. The minimum Gasteiger partial charge on any atom is -0.493 e. The highest BCUT2D eigenvalue weighted by Crippen LogP contribution is 2.22. The molecule has 2 N–H and O–H groups in total. The Morgan fingerprint density at radius 1 is 1.10 bits per heavy atom. The van der Waals surface area contributed by atoms with Gasteiger partial charge >= 0.3 is 5.97 Å². The summed E-state index contributed by atoms with van der Waals surface area (Å²) < 4.78 is 0. The molecule has 1 heterocycles. The standard InChI is InChI=1S/C16H12N2O3/c19-15-8-12(17-9-18-15)7-10-4-5-13-11(6-10)2-1-3-14(13)16(20)21/h1-6,8-9H,7H2,(H,20,21)(H,17,18,19). The second-order valence-corrected chi connectivity index (χ2v) is 4.71. The van der Waals surface area contributed by atoms with E-state index in [2.05, 4.69) is 9.97 Å². The number of hydrogen-bond donors (Lipinski definition) is 2. The molecule has 0 spiro atoms. The van der Waals surface area contributed by atoms with E-state index in [1.54, 1.807) is 18.2 Å². The van der Waals surface area contributed by atoms with E-state index in [4.69, 9.17) is 0 Å². The lowest BCUT2D eigenvalue weighted by molar-refractivity contribution is 0.0699. The average Bonchev–Trinajstić information content (AvgIpc) is 2.46. The van der Waals surface area contributed by atoms with Crippen molar-refractivity contribution in [2.45, 2.75) is 6.42 Å². The molecule has 0 atom stereocenters. The molecule has 21 heavy (non-hydrogen) atoms. The van der Waals surface area contributed by atoms with Crippen molar-refractivity contribution >= 4 is 16.7 Å². The molecule has 1 aromatic heterocycles. The molecule has 0 aliphatic rings. The Bertz CT molecular complexity index is 831. The summed E-state index contributed by atoms with van der Waals surface area (Å²) in [5, 5.41) is 20.1. The molecule has 0 saturated carbocycles. The summed E-state index contributed by atoms with van der Waals surface area (Å²) in [7, 11) is 0. The van der Waals surface area contributed by atoms with Crippen LogP contribution in [0, 0.1) is 0 Å². The monoisotopic (exact) mass is 280 g/mol. The molecule has 5 nitrogen and oxygen atoms in total. The molecule has 0 aliphatic carbocycles. The van der Waals surface area contributed by atoms with Crippen LogP contribution in [0.5, 0.6) is 5.88 Å². The van der Waals surface area contributed by atoms with Crippen molar-refractivity contribution in [1.82, 2.24) is 9.97 Å². The second-order valence-electron chi connectivity index (χ2n) is 4.71. The fraction of sp³-hybridized carbons (Fsp3) is 0.0625. The Kier molecular flexibility index (Phi) is 3.23. The zero-order valence-corrected chi connectivity index (χ0v) is 11.0. The van der Waals surface area contributed by atoms with Crippen LogP contribution in [0.4, 0.5) is 0 Å². The summed E-state index contributed by atoms with van der Waals surface area (Å²) in [6.07, 6.45) is 1.86. The van der Waals surface area contributed by atoms with Crippen molar-refractivity contribution < 1.29 is 15.0 Å². The second kappa shape index (κ2) is 5.20. The van der Waals surface area contributed by atoms with Crippen LogP contribution in [0.2, 0.25) is 0 Å². The number of benzene rings is 2. The Hall–Kier alpha value is -2.95. The summed E-state index contributed by atoms with van der Waals surface area (Å²) in [4.78, 5) is 18.9. The quantitative estimate of drug-likeness (QED) is 0.770. The number of aromatic nitrogens is 2. The first-order valence-corrected chi connectivity index (χ1v) is 6.38. The molecule has 0 radical (unpaired) electrons. The molecule has 0 fully saturated rings. The van der Waals surface area contributed by atoms with Gasteiger partial charge in [-0.3, -0.25) is 0 Å². The molecule has 0 saturated heterocycles. The van der Waals surface area contributed by atoms with Crippen LogP contribution in [0.15, 0.2) is 48.8 Å². The van der Waals surface area contributed by atoms with Gasteiger partial charge < -0.3 is 10.2 Å². The molecule has 3 aromatic rings. The van der Waals surface area contributed by atoms with E-state index in [0.29, 0.717) is 23.1 Å². The highest BCUT2D eigenvalue weighted by Gasteiger charge is 2.08. The first kappa shape index (κ1) is 13.1. The lowest BCUT2D eigenvalue weighted by atomic mass is 10.00. The third kappa shape index (κ3) is 2.67. The maximum absolute atomic E-state index is 11.2. The number of aromatic hydroxyl groups is 1. The van der Waals surface area contributed by atoms with Crippen molar-refractivity contribution in [2.75, 3.05) is 0 Å². The van der Waals surface area contributed by atoms with Crippen molar-refractivity contribution in [3.63, 3.8) is 0 Å². The van der Waals surface area contributed by atoms with Crippen LogP contribution in [0.25, 0.3) is 10.8 Å². The van der Waals surface area contributed by atoms with Crippen LogP contribution in [0.1, 0.15) is 21.6 Å². The van der Waals surface area contributed by atoms with Gasteiger partial charge in [-0.1, -0.05) is 30.3 Å². The highest BCUT2D eigenvalue weighted by molar-refractivity contribution is 6.03. The topological polar surface area (TPSA) is 83.3 Å². The number of hydrogen-bond acceptors (Lipinski definition) is 4. The zero-order chi connectivity index (χ0) is 14.8. The largest absolute Gasteiger partial charge is 0.493 e. The lowest BCUT2D eigenvalue weighted by Crippen LogP contribution is -1.98. The smallest absolute Gasteiger partial charge is 0.336 e. The summed E-state index contributed by atoms with van der Waals surface area (Å²) in [6.45, 7) is 0. The van der Waals surface area contributed by atoms with Gasteiger partial charge in [0, 0.05) is 12.5 Å². The van der Waals surface area contributed by atoms with Crippen LogP contribution in [0.3, 0.4) is 0 Å². The molecule has 0 amide bonds. The van der Waals surface area contributed by atoms with Gasteiger partial charge in [0.25, 0.3) is 0 Å². The van der Waals surface area contributed by atoms with Crippen molar-refractivity contribution in [2.24, 2.45) is 0 Å². The van der Waals surface area contributed by atoms with Crippen molar-refractivity contribution in [3.8, 4) is 5.88 Å². The molecule has 0 bridgehead atoms. The Morgan fingerprint density at radius 3 is 2.71 bits per heavy atom. The van der Waals surface area contributed by atoms with Gasteiger partial charge in [0.15, 0.2) is 0 Å². The summed E-state index contributed by atoms with van der Waals surface area (Å²) in [6, 6.07) is 12.3. The lowest BCUT2D eigenvalue weighted by Gasteiger charge is -2.06. The summed E-state index contributed by atoms with van der Waals surface area (Å²) in [5.41, 5.74) is 1.98. The van der Waals surface area contributed by atoms with E-state index in [0.717, 1.165) is 10.9 Å². The minimum absolute atomic E-state index is 0.0612. The normalized spacial score (nSPS) is 10.7. The van der Waals surface area contributed by atoms with Gasteiger partial charge in [-0.05, 0) is 22.4 Å². The Labute approximate surface area is 120 Å². The SMILES string of the molecule is O=C(O)c1cccc2cc(Cc3cc(O)ncn3)ccc12. The fourth-order valence-electron chi connectivity index (χ4n) is 2.32. The number of carboxylic acids is 1. The number of aromatic carboxylic acids is 1. The van der Waals surface area contributed by atoms with Gasteiger partial charge in [0.1, 0.15) is 6.33 Å². The molecule has 104 valence electrons. The summed E-state index contributed by atoms with van der Waals surface area (Å²) in [5.74, 6) is -0.997. The molecule has 0 unspecified atom stereocenters. The number of fused-ring (bicyclic) bond motifs is 1. The number of nitrogens with zero attached hydrogens (tertiary/aromatic N) is 2. The third-order valence-electron chi connectivity index (χ3n) is 3.27. The van der Waals surface area contributed by atoms with Gasteiger partial charge in [-0.15, -0.1) is 0 Å². The number of carbonyl (C=O) groups is 1. The van der Waals surface area contributed by atoms with Gasteiger partial charge in [0.2, 0.25) is 5.88 Å². The van der Waals surface area contributed by atoms with Gasteiger partial charge in [-0.2, -0.15) is 0 Å². The Balaban J connectivity index is 2.00. The first-order chi connectivity index (χ1) is 10.1. The van der Waals surface area contributed by atoms with Crippen LogP contribution < -0.4 is 0 Å². The molecule has 5 heteroatoms. The van der Waals surface area contributed by atoms with Gasteiger partial charge in [-0.25, -0.2) is 14.8 Å². The van der Waals surface area contributed by atoms with E-state index < -0.39 is 5.97 Å². The van der Waals surface area contributed by atoms with Crippen molar-refractivity contribution in [1.29, 1.82) is 0 Å². The molecule has 2 aromatic carbocycles. The molecular weight excluding hydrogens is 268 g/mol. The van der Waals surface area contributed by atoms with E-state index >= 15 is 0 Å². The average molecular weight is 280 g/mol. The first-order valence-electron chi connectivity index (χ1n) is 6.38. The van der Waals surface area contributed by atoms with E-state index in [1.807, 2.05) is 18.2 Å². The van der Waals surface area contributed by atoms with E-state index in [1.165, 1.54) is 12.4 Å². The number of rotatable bonds is 3. The number of carboxylic acid groups (broad SMARTS) is 1. The van der Waals surface area contributed by atoms with Gasteiger partial charge in [0.05, 0.1) is 11.3 Å². The minimum atomic E-state index is -0.936. The van der Waals surface area contributed by atoms with E-state index in [9.17, 15) is 15.0 Å². The molecular formula is C16H12N2O3. The molecule has 0 aliphatic heterocycles. The maximum Gasteiger partial charge on any atom is 0.336 e. The van der Waals surface area contributed by atoms with Crippen LogP contribution in [-0.2, 0) is 6.42 Å². The zero-order valence-electron chi connectivity index (χ0n) is 11.0. The van der Waals surface area contributed by atoms with Crippen LogP contribution >= 0.6 is 0 Å². The third-order valence-corrected chi connectivity index (χ3v) is 3.27. The fourth-order valence-corrected chi connectivity index (χ4v) is 2.32. The summed E-state index contributed by atoms with van der Waals surface area (Å²) >= 11 is 0. The van der Waals surface area contributed by atoms with Crippen LogP contribution in [-0.4, -0.2) is 26.2 Å². The van der Waals surface area contributed by atoms with E-state index in [-0.39, 0.29) is 5.88 Å². The predicted octanol–water partition coefficient (Wildman–Crippen LogP) is 2.62. The highest BCUT2D eigenvalue weighted by atomic mass is 16.4. The molecule has 3 rings (SSSR count). The van der Waals surface area contributed by atoms with Crippen molar-refractivity contribution in [3.05, 3.63) is 65.6 Å². The maximum atomic E-state index is 11.2. The predicted molar refractivity (Wildman–Crippen MR) is 77.4 cm³/mol.